The van der Waals surface area contributed by atoms with Crippen molar-refractivity contribution in [3.8, 4) is 0 Å². The lowest BCUT2D eigenvalue weighted by Crippen LogP contribution is -2.41. The third-order valence-corrected chi connectivity index (χ3v) is 4.31. The maximum absolute atomic E-state index is 13.8. The van der Waals surface area contributed by atoms with E-state index in [1.807, 2.05) is 10.6 Å². The zero-order valence-electron chi connectivity index (χ0n) is 13.1. The van der Waals surface area contributed by atoms with E-state index in [0.717, 1.165) is 23.2 Å². The van der Waals surface area contributed by atoms with Gasteiger partial charge in [-0.2, -0.15) is 0 Å². The lowest BCUT2D eigenvalue weighted by Gasteiger charge is -2.15. The number of benzene rings is 1. The van der Waals surface area contributed by atoms with E-state index in [1.165, 1.54) is 6.07 Å². The number of amides is 1. The Labute approximate surface area is 140 Å². The van der Waals surface area contributed by atoms with Crippen LogP contribution in [-0.4, -0.2) is 27.8 Å². The lowest BCUT2D eigenvalue weighted by molar-refractivity contribution is -0.117. The summed E-state index contributed by atoms with van der Waals surface area (Å²) in [4.78, 5) is 29.3. The topological polar surface area (TPSA) is 76.0 Å². The zero-order valence-corrected chi connectivity index (χ0v) is 13.1. The molecule has 2 aromatic rings. The van der Waals surface area contributed by atoms with E-state index in [1.54, 1.807) is 0 Å². The van der Waals surface area contributed by atoms with Gasteiger partial charge in [0.15, 0.2) is 5.78 Å². The van der Waals surface area contributed by atoms with Gasteiger partial charge in [-0.1, -0.05) is 6.07 Å². The summed E-state index contributed by atoms with van der Waals surface area (Å²) in [5, 5.41) is 6.19. The molecule has 2 N–H and O–H groups in total. The summed E-state index contributed by atoms with van der Waals surface area (Å²) in [7, 11) is 0. The van der Waals surface area contributed by atoms with E-state index in [2.05, 4.69) is 15.6 Å². The average Bonchev–Trinajstić information content (AvgIpc) is 2.96. The molecule has 2 aliphatic heterocycles. The highest BCUT2D eigenvalue weighted by molar-refractivity contribution is 6.43. The minimum atomic E-state index is -0.905. The Balaban J connectivity index is 1.84. The first-order valence-electron chi connectivity index (χ1n) is 7.85. The number of nitrogens with one attached hydrogen (secondary N) is 2. The number of rotatable bonds is 2. The summed E-state index contributed by atoms with van der Waals surface area (Å²) < 4.78 is 29.4. The molecule has 0 unspecified atom stereocenters. The molecule has 1 aromatic heterocycles. The molecule has 25 heavy (non-hydrogen) atoms. The van der Waals surface area contributed by atoms with Crippen LogP contribution in [0.5, 0.6) is 0 Å². The van der Waals surface area contributed by atoms with Crippen molar-refractivity contribution >= 4 is 29.0 Å². The smallest absolute Gasteiger partial charge is 0.263 e. The predicted molar refractivity (Wildman–Crippen MR) is 85.7 cm³/mol. The van der Waals surface area contributed by atoms with Gasteiger partial charge in [0, 0.05) is 26.1 Å². The van der Waals surface area contributed by atoms with E-state index in [4.69, 9.17) is 0 Å². The van der Waals surface area contributed by atoms with E-state index >= 15 is 0 Å². The number of halogens is 2. The molecule has 6 nitrogen and oxygen atoms in total. The molecule has 0 saturated carbocycles. The third kappa shape index (κ3) is 2.54. The quantitative estimate of drug-likeness (QED) is 0.792. The highest BCUT2D eigenvalue weighted by atomic mass is 19.1. The van der Waals surface area contributed by atoms with Crippen molar-refractivity contribution in [1.29, 1.82) is 0 Å². The fourth-order valence-corrected chi connectivity index (χ4v) is 3.13. The number of carbonyl (C=O) groups excluding carboxylic acids is 2. The molecule has 2 aliphatic rings. The minimum absolute atomic E-state index is 0.138. The molecule has 1 aromatic carbocycles. The number of nitrogens with zero attached hydrogens (tertiary/aromatic N) is 2. The summed E-state index contributed by atoms with van der Waals surface area (Å²) >= 11 is 0. The number of imidazole rings is 1. The molecule has 0 saturated heterocycles. The Morgan fingerprint density at radius 1 is 1.28 bits per heavy atom. The summed E-state index contributed by atoms with van der Waals surface area (Å²) in [6, 6.07) is 3.27. The van der Waals surface area contributed by atoms with E-state index in [9.17, 15) is 18.4 Å². The molecule has 3 heterocycles. The van der Waals surface area contributed by atoms with Gasteiger partial charge in [-0.05, 0) is 18.2 Å². The van der Waals surface area contributed by atoms with Crippen LogP contribution >= 0.6 is 0 Å². The number of carbonyl (C=O) groups is 2. The molecular weight excluding hydrogens is 330 g/mol. The maximum atomic E-state index is 13.8. The SMILES string of the molecule is O=C1CCn2c(nc3c2=CCNC3)=C1C(=O)Nc1c(F)cccc1F. The van der Waals surface area contributed by atoms with Crippen LogP contribution in [0.3, 0.4) is 0 Å². The van der Waals surface area contributed by atoms with Gasteiger partial charge in [-0.15, -0.1) is 0 Å². The third-order valence-electron chi connectivity index (χ3n) is 4.31. The molecule has 0 aliphatic carbocycles. The molecular formula is C17H14F2N4O2. The Morgan fingerprint density at radius 2 is 2.04 bits per heavy atom. The van der Waals surface area contributed by atoms with Crippen LogP contribution in [0.25, 0.3) is 11.6 Å². The summed E-state index contributed by atoms with van der Waals surface area (Å²) in [5.41, 5.74) is 0.250. The van der Waals surface area contributed by atoms with Gasteiger partial charge < -0.3 is 15.2 Å². The minimum Gasteiger partial charge on any atom is -0.324 e. The zero-order chi connectivity index (χ0) is 17.6. The second-order valence-electron chi connectivity index (χ2n) is 5.85. The predicted octanol–water partition coefficient (Wildman–Crippen LogP) is -0.193. The van der Waals surface area contributed by atoms with Gasteiger partial charge in [0.05, 0.1) is 11.0 Å². The largest absolute Gasteiger partial charge is 0.324 e. The fraction of sp³-hybridized carbons (Fsp3) is 0.235. The van der Waals surface area contributed by atoms with E-state index in [0.29, 0.717) is 19.6 Å². The second-order valence-corrected chi connectivity index (χ2v) is 5.85. The molecule has 128 valence electrons. The van der Waals surface area contributed by atoms with Gasteiger partial charge in [0.25, 0.3) is 5.91 Å². The van der Waals surface area contributed by atoms with Crippen LogP contribution in [0, 0.1) is 11.6 Å². The first-order valence-corrected chi connectivity index (χ1v) is 7.85. The van der Waals surface area contributed by atoms with Gasteiger partial charge in [-0.25, -0.2) is 13.8 Å². The number of fused-ring (bicyclic) bond motifs is 3. The van der Waals surface area contributed by atoms with Crippen molar-refractivity contribution in [2.45, 2.75) is 19.5 Å². The second kappa shape index (κ2) is 5.89. The molecule has 4 rings (SSSR count). The Bertz CT molecular complexity index is 1010. The highest BCUT2D eigenvalue weighted by Crippen LogP contribution is 2.19. The van der Waals surface area contributed by atoms with Crippen molar-refractivity contribution in [2.75, 3.05) is 11.9 Å². The monoisotopic (exact) mass is 344 g/mol. The molecule has 1 amide bonds. The fourth-order valence-electron chi connectivity index (χ4n) is 3.13. The number of hydrogen-bond acceptors (Lipinski definition) is 4. The van der Waals surface area contributed by atoms with E-state index in [-0.39, 0.29) is 17.5 Å². The van der Waals surface area contributed by atoms with Gasteiger partial charge >= 0.3 is 0 Å². The number of aromatic nitrogens is 2. The maximum Gasteiger partial charge on any atom is 0.263 e. The van der Waals surface area contributed by atoms with Gasteiger partial charge in [0.2, 0.25) is 0 Å². The van der Waals surface area contributed by atoms with Crippen molar-refractivity contribution < 1.29 is 18.4 Å². The first kappa shape index (κ1) is 15.6. The van der Waals surface area contributed by atoms with Crippen molar-refractivity contribution in [3.05, 3.63) is 46.4 Å². The lowest BCUT2D eigenvalue weighted by atomic mass is 10.1. The summed E-state index contributed by atoms with van der Waals surface area (Å²) in [6.45, 7) is 1.64. The standard InChI is InChI=1S/C17H14F2N4O2/c18-9-2-1-3-10(19)15(9)22-17(25)14-13(24)5-7-23-12-4-6-20-8-11(12)21-16(14)23/h1-4,20H,5-8H2,(H,22,25). The Hall–Kier alpha value is -2.87. The number of hydrogen-bond donors (Lipinski definition) is 2. The molecule has 0 atom stereocenters. The van der Waals surface area contributed by atoms with Crippen LogP contribution in [0.4, 0.5) is 14.5 Å². The molecule has 0 fully saturated rings. The molecule has 8 heteroatoms. The summed E-state index contributed by atoms with van der Waals surface area (Å²) in [5.74, 6) is -3.06. The molecule has 0 spiro atoms. The highest BCUT2D eigenvalue weighted by Gasteiger charge is 2.28. The van der Waals surface area contributed by atoms with Gasteiger partial charge in [-0.3, -0.25) is 9.59 Å². The number of ketones is 1. The number of para-hydroxylation sites is 1. The van der Waals surface area contributed by atoms with Crippen molar-refractivity contribution in [3.63, 3.8) is 0 Å². The average molecular weight is 344 g/mol. The number of Topliss-reactive ketones (excluding diaryl/α,β-unsaturated/α-hetero) is 1. The van der Waals surface area contributed by atoms with Crippen LogP contribution in [0.1, 0.15) is 12.1 Å². The van der Waals surface area contributed by atoms with Crippen LogP contribution in [0.15, 0.2) is 18.2 Å². The molecule has 0 radical (unpaired) electrons. The summed E-state index contributed by atoms with van der Waals surface area (Å²) in [6.07, 6.45) is 2.08. The Morgan fingerprint density at radius 3 is 2.80 bits per heavy atom. The van der Waals surface area contributed by atoms with Crippen LogP contribution < -0.4 is 21.5 Å². The number of anilines is 1. The van der Waals surface area contributed by atoms with Crippen LogP contribution in [0.2, 0.25) is 0 Å². The van der Waals surface area contributed by atoms with Gasteiger partial charge in [0.1, 0.15) is 28.4 Å². The van der Waals surface area contributed by atoms with Crippen molar-refractivity contribution in [1.82, 2.24) is 14.9 Å². The van der Waals surface area contributed by atoms with E-state index < -0.39 is 29.0 Å². The van der Waals surface area contributed by atoms with Crippen LogP contribution in [-0.2, 0) is 22.7 Å². The first-order chi connectivity index (χ1) is 12.1. The Kier molecular flexibility index (Phi) is 3.69. The van der Waals surface area contributed by atoms with Crippen molar-refractivity contribution in [2.24, 2.45) is 0 Å². The normalized spacial score (nSPS) is 16.1. The molecule has 0 bridgehead atoms.